The Bertz CT molecular complexity index is 796. The van der Waals surface area contributed by atoms with Crippen molar-refractivity contribution in [2.75, 3.05) is 0 Å². The van der Waals surface area contributed by atoms with Crippen LogP contribution in [0.5, 0.6) is 5.75 Å². The number of aryl methyl sites for hydroxylation is 1. The maximum absolute atomic E-state index is 11.3. The zero-order chi connectivity index (χ0) is 16.9. The number of nitrogens with zero attached hydrogens (tertiary/aromatic N) is 2. The van der Waals surface area contributed by atoms with Crippen LogP contribution in [-0.4, -0.2) is 9.91 Å². The van der Waals surface area contributed by atoms with Gasteiger partial charge >= 0.3 is 5.82 Å². The smallest absolute Gasteiger partial charge is 0.406 e. The summed E-state index contributed by atoms with van der Waals surface area (Å²) in [4.78, 5) is 14.8. The molecule has 0 bridgehead atoms. The summed E-state index contributed by atoms with van der Waals surface area (Å²) in [5.41, 5.74) is 2.40. The van der Waals surface area contributed by atoms with Crippen LogP contribution < -0.4 is 4.74 Å². The van der Waals surface area contributed by atoms with Gasteiger partial charge in [-0.05, 0) is 33.2 Å². The predicted molar refractivity (Wildman–Crippen MR) is 91.0 cm³/mol. The Kier molecular flexibility index (Phi) is 4.52. The molecule has 0 unspecified atom stereocenters. The summed E-state index contributed by atoms with van der Waals surface area (Å²) in [6.45, 7) is 1.71. The van der Waals surface area contributed by atoms with E-state index in [1.165, 1.54) is 0 Å². The van der Waals surface area contributed by atoms with Crippen LogP contribution in [0.3, 0.4) is 0 Å². The van der Waals surface area contributed by atoms with Gasteiger partial charge in [-0.25, -0.2) is 0 Å². The maximum atomic E-state index is 11.3. The highest BCUT2D eigenvalue weighted by Crippen LogP contribution is 2.33. The van der Waals surface area contributed by atoms with Crippen LogP contribution in [0.1, 0.15) is 22.9 Å². The molecule has 0 spiro atoms. The van der Waals surface area contributed by atoms with Crippen LogP contribution in [0.2, 0.25) is 0 Å². The quantitative estimate of drug-likeness (QED) is 0.514. The molecule has 1 heterocycles. The first-order valence-corrected chi connectivity index (χ1v) is 7.54. The van der Waals surface area contributed by atoms with E-state index in [0.29, 0.717) is 5.69 Å². The molecular weight excluding hydrogens is 304 g/mol. The minimum atomic E-state index is -0.518. The number of pyridine rings is 1. The first kappa shape index (κ1) is 15.7. The number of benzene rings is 2. The highest BCUT2D eigenvalue weighted by Gasteiger charge is 2.23. The van der Waals surface area contributed by atoms with Crippen molar-refractivity contribution in [3.05, 3.63) is 99.7 Å². The fourth-order valence-corrected chi connectivity index (χ4v) is 2.46. The molecule has 24 heavy (non-hydrogen) atoms. The Labute approximate surface area is 139 Å². The number of rotatable bonds is 5. The molecule has 3 rings (SSSR count). The summed E-state index contributed by atoms with van der Waals surface area (Å²) >= 11 is 0. The molecule has 0 radical (unpaired) electrons. The molecule has 0 atom stereocenters. The third kappa shape index (κ3) is 3.41. The molecule has 1 aromatic heterocycles. The monoisotopic (exact) mass is 320 g/mol. The van der Waals surface area contributed by atoms with E-state index in [0.717, 1.165) is 11.1 Å². The maximum Gasteiger partial charge on any atom is 0.406 e. The number of aromatic nitrogens is 1. The molecule has 0 saturated carbocycles. The average molecular weight is 320 g/mol. The summed E-state index contributed by atoms with van der Waals surface area (Å²) < 4.78 is 6.03. The van der Waals surface area contributed by atoms with Crippen LogP contribution in [-0.2, 0) is 0 Å². The van der Waals surface area contributed by atoms with Gasteiger partial charge in [0, 0.05) is 6.92 Å². The third-order valence-electron chi connectivity index (χ3n) is 3.60. The SMILES string of the molecule is Cc1ccc(OC(c2ccccc2)c2ccccc2)c([N+](=O)[O-])n1. The molecule has 0 aliphatic rings. The van der Waals surface area contributed by atoms with Crippen LogP contribution in [0.25, 0.3) is 0 Å². The van der Waals surface area contributed by atoms with E-state index in [1.807, 2.05) is 60.7 Å². The predicted octanol–water partition coefficient (Wildman–Crippen LogP) is 4.47. The molecule has 0 aliphatic carbocycles. The van der Waals surface area contributed by atoms with E-state index >= 15 is 0 Å². The van der Waals surface area contributed by atoms with Gasteiger partial charge in [0.25, 0.3) is 0 Å². The normalized spacial score (nSPS) is 10.6. The second kappa shape index (κ2) is 6.91. The van der Waals surface area contributed by atoms with Gasteiger partial charge in [0.1, 0.15) is 11.8 Å². The molecule has 0 fully saturated rings. The van der Waals surface area contributed by atoms with Crippen molar-refractivity contribution in [1.82, 2.24) is 4.98 Å². The topological polar surface area (TPSA) is 65.3 Å². The minimum Gasteiger partial charge on any atom is -0.473 e. The van der Waals surface area contributed by atoms with Crippen molar-refractivity contribution >= 4 is 5.82 Å². The second-order valence-electron chi connectivity index (χ2n) is 5.35. The second-order valence-corrected chi connectivity index (χ2v) is 5.35. The molecular formula is C19H16N2O3. The van der Waals surface area contributed by atoms with Gasteiger partial charge in [-0.15, -0.1) is 0 Å². The van der Waals surface area contributed by atoms with Gasteiger partial charge in [-0.2, -0.15) is 0 Å². The van der Waals surface area contributed by atoms with Gasteiger partial charge in [0.05, 0.1) is 0 Å². The Morgan fingerprint density at radius 1 is 0.917 bits per heavy atom. The molecule has 0 aliphatic heterocycles. The van der Waals surface area contributed by atoms with E-state index in [9.17, 15) is 10.1 Å². The molecule has 0 amide bonds. The van der Waals surface area contributed by atoms with E-state index in [4.69, 9.17) is 4.74 Å². The lowest BCUT2D eigenvalue weighted by Crippen LogP contribution is -2.11. The summed E-state index contributed by atoms with van der Waals surface area (Å²) in [6, 6.07) is 22.5. The first-order valence-electron chi connectivity index (χ1n) is 7.54. The number of nitro groups is 1. The van der Waals surface area contributed by atoms with Gasteiger partial charge < -0.3 is 14.9 Å². The zero-order valence-corrected chi connectivity index (χ0v) is 13.1. The fraction of sp³-hybridized carbons (Fsp3) is 0.105. The third-order valence-corrected chi connectivity index (χ3v) is 3.60. The molecule has 120 valence electrons. The Morgan fingerprint density at radius 2 is 1.46 bits per heavy atom. The van der Waals surface area contributed by atoms with Crippen LogP contribution in [0.15, 0.2) is 72.8 Å². The Hall–Kier alpha value is -3.21. The van der Waals surface area contributed by atoms with E-state index in [-0.39, 0.29) is 11.6 Å². The lowest BCUT2D eigenvalue weighted by atomic mass is 10.0. The van der Waals surface area contributed by atoms with Crippen molar-refractivity contribution in [2.24, 2.45) is 0 Å². The molecule has 5 heteroatoms. The lowest BCUT2D eigenvalue weighted by Gasteiger charge is -2.19. The summed E-state index contributed by atoms with van der Waals surface area (Å²) in [7, 11) is 0. The standard InChI is InChI=1S/C19H16N2O3/c1-14-12-13-17(19(20-14)21(22)23)24-18(15-8-4-2-5-9-15)16-10-6-3-7-11-16/h2-13,18H,1H3. The van der Waals surface area contributed by atoms with Crippen molar-refractivity contribution in [1.29, 1.82) is 0 Å². The zero-order valence-electron chi connectivity index (χ0n) is 13.1. The van der Waals surface area contributed by atoms with Crippen molar-refractivity contribution < 1.29 is 9.66 Å². The lowest BCUT2D eigenvalue weighted by molar-refractivity contribution is -0.390. The minimum absolute atomic E-state index is 0.156. The van der Waals surface area contributed by atoms with E-state index in [2.05, 4.69) is 4.98 Å². The van der Waals surface area contributed by atoms with Gasteiger partial charge in [-0.3, -0.25) is 0 Å². The molecule has 0 N–H and O–H groups in total. The van der Waals surface area contributed by atoms with Gasteiger partial charge in [0.15, 0.2) is 0 Å². The highest BCUT2D eigenvalue weighted by atomic mass is 16.6. The summed E-state index contributed by atoms with van der Waals surface area (Å²) in [5, 5.41) is 11.3. The van der Waals surface area contributed by atoms with Crippen LogP contribution >= 0.6 is 0 Å². The van der Waals surface area contributed by atoms with Crippen molar-refractivity contribution in [3.63, 3.8) is 0 Å². The Morgan fingerprint density at radius 3 is 1.96 bits per heavy atom. The highest BCUT2D eigenvalue weighted by molar-refractivity contribution is 5.42. The van der Waals surface area contributed by atoms with E-state index < -0.39 is 11.0 Å². The molecule has 3 aromatic rings. The van der Waals surface area contributed by atoms with Gasteiger partial charge in [-0.1, -0.05) is 60.7 Å². The first-order chi connectivity index (χ1) is 11.6. The average Bonchev–Trinajstić information content (AvgIpc) is 2.62. The van der Waals surface area contributed by atoms with Crippen LogP contribution in [0.4, 0.5) is 5.82 Å². The summed E-state index contributed by atoms with van der Waals surface area (Å²) in [6.07, 6.45) is -0.449. The number of hydrogen-bond acceptors (Lipinski definition) is 4. The number of ether oxygens (including phenoxy) is 1. The van der Waals surface area contributed by atoms with Crippen molar-refractivity contribution in [2.45, 2.75) is 13.0 Å². The Balaban J connectivity index is 2.04. The van der Waals surface area contributed by atoms with Gasteiger partial charge in [0.2, 0.25) is 5.75 Å². The number of hydrogen-bond donors (Lipinski definition) is 0. The van der Waals surface area contributed by atoms with Crippen molar-refractivity contribution in [3.8, 4) is 5.75 Å². The fourth-order valence-electron chi connectivity index (χ4n) is 2.46. The molecule has 2 aromatic carbocycles. The molecule has 5 nitrogen and oxygen atoms in total. The largest absolute Gasteiger partial charge is 0.473 e. The summed E-state index contributed by atoms with van der Waals surface area (Å²) in [5.74, 6) is -0.116. The molecule has 0 saturated heterocycles. The van der Waals surface area contributed by atoms with Crippen LogP contribution in [0, 0.1) is 17.0 Å². The van der Waals surface area contributed by atoms with E-state index in [1.54, 1.807) is 19.1 Å².